The molecule has 0 aliphatic rings. The highest BCUT2D eigenvalue weighted by atomic mass is 79.9. The Bertz CT molecular complexity index is 592. The molecule has 0 bridgehead atoms. The number of nitrogens with zero attached hydrogens (tertiary/aromatic N) is 2. The van der Waals surface area contributed by atoms with E-state index in [-0.39, 0.29) is 10.4 Å². The fraction of sp³-hybridized carbons (Fsp3) is 0. The molecule has 0 atom stereocenters. The van der Waals surface area contributed by atoms with Crippen LogP contribution in [-0.4, -0.2) is 4.98 Å². The van der Waals surface area contributed by atoms with Gasteiger partial charge < -0.3 is 0 Å². The minimum atomic E-state index is -0.556. The van der Waals surface area contributed by atoms with Gasteiger partial charge in [-0.1, -0.05) is 27.5 Å². The Morgan fingerprint density at radius 1 is 1.47 bits per heavy atom. The molecule has 0 aliphatic heterocycles. The van der Waals surface area contributed by atoms with E-state index in [9.17, 15) is 4.39 Å². The topological polar surface area (TPSA) is 36.7 Å². The molecule has 0 unspecified atom stereocenters. The molecule has 74 valence electrons. The van der Waals surface area contributed by atoms with Crippen molar-refractivity contribution in [2.75, 3.05) is 0 Å². The molecule has 2 aromatic rings. The van der Waals surface area contributed by atoms with Crippen LogP contribution in [0.25, 0.3) is 10.8 Å². The van der Waals surface area contributed by atoms with Crippen molar-refractivity contribution >= 4 is 38.3 Å². The first-order chi connectivity index (χ1) is 7.15. The van der Waals surface area contributed by atoms with Crippen LogP contribution in [0.2, 0.25) is 5.02 Å². The summed E-state index contributed by atoms with van der Waals surface area (Å²) in [5.74, 6) is -0.556. The van der Waals surface area contributed by atoms with Crippen molar-refractivity contribution in [3.8, 4) is 6.07 Å². The Morgan fingerprint density at radius 3 is 2.87 bits per heavy atom. The molecule has 15 heavy (non-hydrogen) atoms. The number of benzene rings is 1. The summed E-state index contributed by atoms with van der Waals surface area (Å²) in [5, 5.41) is 9.60. The van der Waals surface area contributed by atoms with Crippen LogP contribution in [0, 0.1) is 17.1 Å². The fourth-order valence-corrected chi connectivity index (χ4v) is 2.34. The van der Waals surface area contributed by atoms with E-state index < -0.39 is 5.82 Å². The summed E-state index contributed by atoms with van der Waals surface area (Å²) in [7, 11) is 0. The van der Waals surface area contributed by atoms with Crippen LogP contribution in [0.1, 0.15) is 5.56 Å². The maximum Gasteiger partial charge on any atom is 0.151 e. The Balaban J connectivity index is 3.03. The van der Waals surface area contributed by atoms with Gasteiger partial charge in [0.05, 0.1) is 10.6 Å². The van der Waals surface area contributed by atoms with Crippen LogP contribution in [0.5, 0.6) is 0 Å². The molecule has 2 rings (SSSR count). The second-order valence-electron chi connectivity index (χ2n) is 2.88. The molecular formula is C10H3BrClFN2. The summed E-state index contributed by atoms with van der Waals surface area (Å²) in [4.78, 5) is 3.78. The van der Waals surface area contributed by atoms with Crippen molar-refractivity contribution < 1.29 is 4.39 Å². The van der Waals surface area contributed by atoms with E-state index in [4.69, 9.17) is 16.9 Å². The van der Waals surface area contributed by atoms with Crippen molar-refractivity contribution in [1.82, 2.24) is 4.98 Å². The van der Waals surface area contributed by atoms with Crippen molar-refractivity contribution in [2.45, 2.75) is 0 Å². The summed E-state index contributed by atoms with van der Waals surface area (Å²) >= 11 is 8.92. The highest BCUT2D eigenvalue weighted by Gasteiger charge is 2.12. The van der Waals surface area contributed by atoms with E-state index in [1.165, 1.54) is 18.5 Å². The van der Waals surface area contributed by atoms with Gasteiger partial charge in [0.1, 0.15) is 6.07 Å². The zero-order valence-corrected chi connectivity index (χ0v) is 9.60. The van der Waals surface area contributed by atoms with Gasteiger partial charge in [0, 0.05) is 27.6 Å². The molecular weight excluding hydrogens is 282 g/mol. The molecule has 0 saturated carbocycles. The lowest BCUT2D eigenvalue weighted by molar-refractivity contribution is 0.639. The molecule has 0 aliphatic carbocycles. The zero-order chi connectivity index (χ0) is 11.0. The number of nitriles is 1. The number of rotatable bonds is 0. The van der Waals surface area contributed by atoms with E-state index in [0.717, 1.165) is 0 Å². The number of halogens is 3. The van der Waals surface area contributed by atoms with E-state index in [1.807, 2.05) is 6.07 Å². The van der Waals surface area contributed by atoms with Crippen LogP contribution in [0.4, 0.5) is 4.39 Å². The molecule has 0 N–H and O–H groups in total. The number of fused-ring (bicyclic) bond motifs is 1. The van der Waals surface area contributed by atoms with Crippen molar-refractivity contribution in [3.63, 3.8) is 0 Å². The zero-order valence-electron chi connectivity index (χ0n) is 7.26. The minimum absolute atomic E-state index is 0.00580. The maximum atomic E-state index is 13.6. The average molecular weight is 286 g/mol. The maximum absolute atomic E-state index is 13.6. The summed E-state index contributed by atoms with van der Waals surface area (Å²) in [6.07, 6.45) is 2.74. The van der Waals surface area contributed by atoms with Crippen LogP contribution in [0.15, 0.2) is 22.9 Å². The van der Waals surface area contributed by atoms with E-state index in [1.54, 1.807) is 0 Å². The Labute approximate surface area is 98.4 Å². The van der Waals surface area contributed by atoms with Gasteiger partial charge in [-0.15, -0.1) is 0 Å². The largest absolute Gasteiger partial charge is 0.263 e. The standard InChI is InChI=1S/C10H3BrClFN2/c11-7-1-8(12)10(13)6-4-15-3-5(2-14)9(6)7/h1,3-4H. The summed E-state index contributed by atoms with van der Waals surface area (Å²) in [5.41, 5.74) is 0.315. The van der Waals surface area contributed by atoms with Gasteiger partial charge in [-0.25, -0.2) is 4.39 Å². The first-order valence-corrected chi connectivity index (χ1v) is 5.13. The van der Waals surface area contributed by atoms with E-state index >= 15 is 0 Å². The third kappa shape index (κ3) is 1.58. The van der Waals surface area contributed by atoms with Crippen LogP contribution in [-0.2, 0) is 0 Å². The predicted molar refractivity (Wildman–Crippen MR) is 59.1 cm³/mol. The second kappa shape index (κ2) is 3.76. The summed E-state index contributed by atoms with van der Waals surface area (Å²) < 4.78 is 14.2. The van der Waals surface area contributed by atoms with Crippen LogP contribution < -0.4 is 0 Å². The van der Waals surface area contributed by atoms with E-state index in [0.29, 0.717) is 15.4 Å². The molecule has 0 fully saturated rings. The van der Waals surface area contributed by atoms with Gasteiger partial charge in [0.25, 0.3) is 0 Å². The van der Waals surface area contributed by atoms with Gasteiger partial charge in [-0.2, -0.15) is 5.26 Å². The van der Waals surface area contributed by atoms with Crippen LogP contribution in [0.3, 0.4) is 0 Å². The highest BCUT2D eigenvalue weighted by Crippen LogP contribution is 2.32. The fourth-order valence-electron chi connectivity index (χ4n) is 1.34. The van der Waals surface area contributed by atoms with Gasteiger partial charge in [-0.05, 0) is 6.07 Å². The Morgan fingerprint density at radius 2 is 2.20 bits per heavy atom. The quantitative estimate of drug-likeness (QED) is 0.693. The van der Waals surface area contributed by atoms with Gasteiger partial charge in [0.2, 0.25) is 0 Å². The van der Waals surface area contributed by atoms with Crippen molar-refractivity contribution in [2.24, 2.45) is 0 Å². The monoisotopic (exact) mass is 284 g/mol. The number of pyridine rings is 1. The normalized spacial score (nSPS) is 10.3. The third-order valence-corrected chi connectivity index (χ3v) is 2.91. The van der Waals surface area contributed by atoms with Gasteiger partial charge in [0.15, 0.2) is 5.82 Å². The predicted octanol–water partition coefficient (Wildman–Crippen LogP) is 3.66. The summed E-state index contributed by atoms with van der Waals surface area (Å²) in [6, 6.07) is 3.39. The van der Waals surface area contributed by atoms with Crippen LogP contribution >= 0.6 is 27.5 Å². The molecule has 1 heterocycles. The molecule has 1 aromatic carbocycles. The molecule has 2 nitrogen and oxygen atoms in total. The Hall–Kier alpha value is -1.18. The molecule has 1 aromatic heterocycles. The van der Waals surface area contributed by atoms with Crippen molar-refractivity contribution in [1.29, 1.82) is 5.26 Å². The SMILES string of the molecule is N#Cc1cncc2c(F)c(Cl)cc(Br)c12. The molecule has 0 saturated heterocycles. The van der Waals surface area contributed by atoms with Crippen molar-refractivity contribution in [3.05, 3.63) is 39.3 Å². The smallest absolute Gasteiger partial charge is 0.151 e. The minimum Gasteiger partial charge on any atom is -0.263 e. The second-order valence-corrected chi connectivity index (χ2v) is 4.14. The highest BCUT2D eigenvalue weighted by molar-refractivity contribution is 9.10. The lowest BCUT2D eigenvalue weighted by Gasteiger charge is -2.04. The first-order valence-electron chi connectivity index (χ1n) is 3.96. The molecule has 5 heteroatoms. The lowest BCUT2D eigenvalue weighted by Crippen LogP contribution is -1.89. The Kier molecular flexibility index (Phi) is 2.59. The third-order valence-electron chi connectivity index (χ3n) is 2.00. The molecule has 0 radical (unpaired) electrons. The number of hydrogen-bond acceptors (Lipinski definition) is 2. The lowest BCUT2D eigenvalue weighted by atomic mass is 10.1. The molecule has 0 amide bonds. The summed E-state index contributed by atoms with van der Waals surface area (Å²) in [6.45, 7) is 0. The number of aromatic nitrogens is 1. The van der Waals surface area contributed by atoms with Gasteiger partial charge >= 0.3 is 0 Å². The van der Waals surface area contributed by atoms with Gasteiger partial charge in [-0.3, -0.25) is 4.98 Å². The first kappa shape index (κ1) is 10.3. The number of hydrogen-bond donors (Lipinski definition) is 0. The van der Waals surface area contributed by atoms with E-state index in [2.05, 4.69) is 20.9 Å². The molecule has 0 spiro atoms. The average Bonchev–Trinajstić information content (AvgIpc) is 2.25.